The van der Waals surface area contributed by atoms with Crippen molar-refractivity contribution in [3.8, 4) is 0 Å². The Morgan fingerprint density at radius 2 is 1.72 bits per heavy atom. The Bertz CT molecular complexity index is 916. The fraction of sp³-hybridized carbons (Fsp3) is 0.682. The van der Waals surface area contributed by atoms with Crippen molar-refractivity contribution < 1.29 is 22.3 Å². The number of sulfonamides is 1. The number of carbonyl (C=O) groups excluding carboxylic acids is 1. The molecule has 0 radical (unpaired) electrons. The van der Waals surface area contributed by atoms with Crippen LogP contribution in [0.3, 0.4) is 0 Å². The summed E-state index contributed by atoms with van der Waals surface area (Å²) in [6.45, 7) is 11.0. The summed E-state index contributed by atoms with van der Waals surface area (Å²) in [7, 11) is -3.44. The second-order valence-corrected chi connectivity index (χ2v) is 12.2. The van der Waals surface area contributed by atoms with Crippen LogP contribution < -0.4 is 14.9 Å². The molecule has 3 rings (SSSR count). The van der Waals surface area contributed by atoms with Gasteiger partial charge < -0.3 is 19.9 Å². The number of ether oxygens (including phenoxy) is 1. The van der Waals surface area contributed by atoms with E-state index in [0.29, 0.717) is 50.4 Å². The Hall–Kier alpha value is -1.91. The first-order chi connectivity index (χ1) is 14.9. The van der Waals surface area contributed by atoms with Gasteiger partial charge in [-0.2, -0.15) is 0 Å². The fourth-order valence-electron chi connectivity index (χ4n) is 4.04. The Morgan fingerprint density at radius 3 is 2.28 bits per heavy atom. The van der Waals surface area contributed by atoms with E-state index in [1.54, 1.807) is 31.7 Å². The fourth-order valence-corrected chi connectivity index (χ4v) is 5.07. The normalized spacial score (nSPS) is 23.3. The van der Waals surface area contributed by atoms with E-state index in [0.717, 1.165) is 0 Å². The lowest BCUT2D eigenvalue weighted by Gasteiger charge is -2.38. The molecule has 1 aromatic carbocycles. The first-order valence-electron chi connectivity index (χ1n) is 11.1. The van der Waals surface area contributed by atoms with Crippen LogP contribution in [0.25, 0.3) is 0 Å². The van der Waals surface area contributed by atoms with Crippen LogP contribution in [0.15, 0.2) is 18.2 Å². The first-order valence-corrected chi connectivity index (χ1v) is 12.6. The van der Waals surface area contributed by atoms with Gasteiger partial charge in [0.2, 0.25) is 10.0 Å². The summed E-state index contributed by atoms with van der Waals surface area (Å²) in [6.07, 6.45) is 1.08. The van der Waals surface area contributed by atoms with Crippen LogP contribution in [0.5, 0.6) is 0 Å². The van der Waals surface area contributed by atoms with Crippen LogP contribution in [-0.4, -0.2) is 68.5 Å². The van der Waals surface area contributed by atoms with Gasteiger partial charge in [-0.1, -0.05) is 0 Å². The van der Waals surface area contributed by atoms with Gasteiger partial charge in [0, 0.05) is 32.2 Å². The predicted octanol–water partition coefficient (Wildman–Crippen LogP) is 3.15. The third-order valence-electron chi connectivity index (χ3n) is 5.87. The maximum absolute atomic E-state index is 14.0. The zero-order chi connectivity index (χ0) is 23.7. The predicted molar refractivity (Wildman–Crippen MR) is 124 cm³/mol. The van der Waals surface area contributed by atoms with Crippen LogP contribution in [-0.2, 0) is 14.8 Å². The lowest BCUT2D eigenvalue weighted by atomic mass is 10.1. The van der Waals surface area contributed by atoms with Crippen LogP contribution in [0.4, 0.5) is 20.6 Å². The molecule has 2 aliphatic heterocycles. The number of hydrogen-bond donors (Lipinski definition) is 2. The highest BCUT2D eigenvalue weighted by Gasteiger charge is 2.33. The van der Waals surface area contributed by atoms with Gasteiger partial charge in [0.1, 0.15) is 5.82 Å². The standard InChI is InChI=1S/C22H35FN4O4S/c1-15-13-27(14-16(2)31-15)20-12-17(23)6-7-19(20)24-21(28)26-10-8-18(9-11-26)25-32(29,30)22(3,4)5/h6-7,12,15-16,18,25H,8-11,13-14H2,1-5H3,(H,24,28). The van der Waals surface area contributed by atoms with Gasteiger partial charge in [0.25, 0.3) is 0 Å². The molecule has 2 amide bonds. The third kappa shape index (κ3) is 5.90. The van der Waals surface area contributed by atoms with Crippen molar-refractivity contribution in [3.63, 3.8) is 0 Å². The lowest BCUT2D eigenvalue weighted by Crippen LogP contribution is -2.51. The summed E-state index contributed by atoms with van der Waals surface area (Å²) < 4.78 is 46.4. The van der Waals surface area contributed by atoms with Crippen LogP contribution >= 0.6 is 0 Å². The molecule has 2 N–H and O–H groups in total. The number of morpholine rings is 1. The Labute approximate surface area is 190 Å². The molecule has 32 heavy (non-hydrogen) atoms. The van der Waals surface area contributed by atoms with E-state index in [1.807, 2.05) is 18.7 Å². The van der Waals surface area contributed by atoms with Gasteiger partial charge in [-0.25, -0.2) is 22.3 Å². The SMILES string of the molecule is CC1CN(c2cc(F)ccc2NC(=O)N2CCC(NS(=O)(=O)C(C)(C)C)CC2)CC(C)O1. The molecule has 2 fully saturated rings. The molecule has 10 heteroatoms. The maximum atomic E-state index is 14.0. The van der Waals surface area contributed by atoms with Gasteiger partial charge >= 0.3 is 6.03 Å². The van der Waals surface area contributed by atoms with E-state index in [-0.39, 0.29) is 30.1 Å². The second-order valence-electron chi connectivity index (χ2n) is 9.75. The van der Waals surface area contributed by atoms with E-state index in [4.69, 9.17) is 4.74 Å². The molecule has 2 atom stereocenters. The zero-order valence-electron chi connectivity index (χ0n) is 19.5. The summed E-state index contributed by atoms with van der Waals surface area (Å²) in [5, 5.41) is 2.92. The Morgan fingerprint density at radius 1 is 1.12 bits per heavy atom. The monoisotopic (exact) mass is 470 g/mol. The molecule has 0 aliphatic carbocycles. The number of piperidine rings is 1. The van der Waals surface area contributed by atoms with Gasteiger partial charge in [0.15, 0.2) is 0 Å². The summed E-state index contributed by atoms with van der Waals surface area (Å²) in [5.41, 5.74) is 1.18. The van der Waals surface area contributed by atoms with Crippen LogP contribution in [0.1, 0.15) is 47.5 Å². The molecule has 2 unspecified atom stereocenters. The maximum Gasteiger partial charge on any atom is 0.321 e. The molecular formula is C22H35FN4O4S. The van der Waals surface area contributed by atoms with Crippen molar-refractivity contribution in [2.24, 2.45) is 0 Å². The van der Waals surface area contributed by atoms with Gasteiger partial charge in [0.05, 0.1) is 28.3 Å². The smallest absolute Gasteiger partial charge is 0.321 e. The Kier molecular flexibility index (Phi) is 7.36. The Balaban J connectivity index is 1.64. The second kappa shape index (κ2) is 9.52. The molecule has 0 bridgehead atoms. The average molecular weight is 471 g/mol. The molecule has 0 aromatic heterocycles. The van der Waals surface area contributed by atoms with Crippen molar-refractivity contribution in [1.82, 2.24) is 9.62 Å². The van der Waals surface area contributed by atoms with Crippen molar-refractivity contribution in [2.45, 2.75) is 70.5 Å². The first kappa shape index (κ1) is 24.7. The number of urea groups is 1. The van der Waals surface area contributed by atoms with E-state index in [2.05, 4.69) is 10.0 Å². The van der Waals surface area contributed by atoms with Crippen molar-refractivity contribution in [1.29, 1.82) is 0 Å². The average Bonchev–Trinajstić information content (AvgIpc) is 2.68. The summed E-state index contributed by atoms with van der Waals surface area (Å²) in [6, 6.07) is 3.89. The quantitative estimate of drug-likeness (QED) is 0.706. The number of rotatable bonds is 4. The minimum absolute atomic E-state index is 0.00136. The zero-order valence-corrected chi connectivity index (χ0v) is 20.3. The number of carbonyl (C=O) groups is 1. The highest BCUT2D eigenvalue weighted by atomic mass is 32.2. The van der Waals surface area contributed by atoms with Crippen molar-refractivity contribution in [3.05, 3.63) is 24.0 Å². The summed E-state index contributed by atoms with van der Waals surface area (Å²) >= 11 is 0. The molecule has 2 heterocycles. The minimum atomic E-state index is -3.44. The van der Waals surface area contributed by atoms with E-state index in [1.165, 1.54) is 12.1 Å². The molecule has 1 aromatic rings. The molecule has 180 valence electrons. The number of amides is 2. The largest absolute Gasteiger partial charge is 0.372 e. The van der Waals surface area contributed by atoms with Gasteiger partial charge in [-0.05, 0) is 65.7 Å². The van der Waals surface area contributed by atoms with Crippen LogP contribution in [0, 0.1) is 5.82 Å². The molecule has 8 nitrogen and oxygen atoms in total. The number of halogens is 1. The van der Waals surface area contributed by atoms with E-state index < -0.39 is 14.8 Å². The van der Waals surface area contributed by atoms with E-state index in [9.17, 15) is 17.6 Å². The topological polar surface area (TPSA) is 91.0 Å². The number of likely N-dealkylation sites (tertiary alicyclic amines) is 1. The van der Waals surface area contributed by atoms with Gasteiger partial charge in [-0.3, -0.25) is 0 Å². The highest BCUT2D eigenvalue weighted by molar-refractivity contribution is 7.90. The summed E-state index contributed by atoms with van der Waals surface area (Å²) in [4.78, 5) is 16.6. The van der Waals surface area contributed by atoms with Crippen LogP contribution in [0.2, 0.25) is 0 Å². The molecule has 0 saturated carbocycles. The molecule has 0 spiro atoms. The highest BCUT2D eigenvalue weighted by Crippen LogP contribution is 2.30. The number of anilines is 2. The van der Waals surface area contributed by atoms with Crippen molar-refractivity contribution >= 4 is 27.4 Å². The number of nitrogens with zero attached hydrogens (tertiary/aromatic N) is 2. The van der Waals surface area contributed by atoms with Crippen molar-refractivity contribution in [2.75, 3.05) is 36.4 Å². The molecule has 2 saturated heterocycles. The molecule has 2 aliphatic rings. The molecular weight excluding hydrogens is 435 g/mol. The lowest BCUT2D eigenvalue weighted by molar-refractivity contribution is -0.00519. The van der Waals surface area contributed by atoms with Gasteiger partial charge in [-0.15, -0.1) is 0 Å². The number of benzene rings is 1. The minimum Gasteiger partial charge on any atom is -0.372 e. The third-order valence-corrected chi connectivity index (χ3v) is 8.13. The number of nitrogens with one attached hydrogen (secondary N) is 2. The number of hydrogen-bond acceptors (Lipinski definition) is 5. The summed E-state index contributed by atoms with van der Waals surface area (Å²) in [5.74, 6) is -0.364. The van der Waals surface area contributed by atoms with E-state index >= 15 is 0 Å².